The molecule has 1 aromatic heterocycles. The molecule has 2 aromatic rings. The van der Waals surface area contributed by atoms with Gasteiger partial charge in [0.2, 0.25) is 0 Å². The largest absolute Gasteiger partial charge is 0.492 e. The normalized spacial score (nSPS) is 12.4. The highest BCUT2D eigenvalue weighted by Crippen LogP contribution is 2.16. The SMILES string of the molecule is Cc1nccn1CCOc1ccc([C@@H](C)N)cc1. The Hall–Kier alpha value is -1.81. The summed E-state index contributed by atoms with van der Waals surface area (Å²) in [6.07, 6.45) is 3.75. The van der Waals surface area contributed by atoms with Crippen LogP contribution in [0.3, 0.4) is 0 Å². The molecule has 0 unspecified atom stereocenters. The number of ether oxygens (including phenoxy) is 1. The van der Waals surface area contributed by atoms with Crippen LogP contribution in [0.2, 0.25) is 0 Å². The quantitative estimate of drug-likeness (QED) is 0.879. The molecule has 2 N–H and O–H groups in total. The van der Waals surface area contributed by atoms with Crippen LogP contribution < -0.4 is 10.5 Å². The second-order valence-corrected chi connectivity index (χ2v) is 4.37. The van der Waals surface area contributed by atoms with E-state index in [4.69, 9.17) is 10.5 Å². The summed E-state index contributed by atoms with van der Waals surface area (Å²) in [5.41, 5.74) is 6.91. The van der Waals surface area contributed by atoms with Gasteiger partial charge in [0.05, 0.1) is 6.54 Å². The topological polar surface area (TPSA) is 53.1 Å². The highest BCUT2D eigenvalue weighted by Gasteiger charge is 2.00. The lowest BCUT2D eigenvalue weighted by atomic mass is 10.1. The second-order valence-electron chi connectivity index (χ2n) is 4.37. The van der Waals surface area contributed by atoms with Crippen LogP contribution in [0.1, 0.15) is 24.4 Å². The Kier molecular flexibility index (Phi) is 3.99. The molecule has 1 heterocycles. The first-order valence-corrected chi connectivity index (χ1v) is 6.13. The summed E-state index contributed by atoms with van der Waals surface area (Å²) in [5.74, 6) is 1.88. The van der Waals surface area contributed by atoms with Gasteiger partial charge in [0.15, 0.2) is 0 Å². The Labute approximate surface area is 107 Å². The van der Waals surface area contributed by atoms with Gasteiger partial charge in [0, 0.05) is 18.4 Å². The zero-order valence-corrected chi connectivity index (χ0v) is 10.8. The Morgan fingerprint density at radius 1 is 1.33 bits per heavy atom. The molecule has 1 aromatic carbocycles. The van der Waals surface area contributed by atoms with Crippen molar-refractivity contribution in [2.24, 2.45) is 5.73 Å². The summed E-state index contributed by atoms with van der Waals surface area (Å²) < 4.78 is 7.75. The Morgan fingerprint density at radius 3 is 2.61 bits per heavy atom. The second kappa shape index (κ2) is 5.69. The van der Waals surface area contributed by atoms with Gasteiger partial charge in [-0.2, -0.15) is 0 Å². The zero-order valence-electron chi connectivity index (χ0n) is 10.8. The molecule has 96 valence electrons. The zero-order chi connectivity index (χ0) is 13.0. The lowest BCUT2D eigenvalue weighted by molar-refractivity contribution is 0.297. The number of hydrogen-bond donors (Lipinski definition) is 1. The molecule has 0 aliphatic carbocycles. The van der Waals surface area contributed by atoms with Crippen LogP contribution in [0.5, 0.6) is 5.75 Å². The van der Waals surface area contributed by atoms with Gasteiger partial charge in [-0.1, -0.05) is 12.1 Å². The number of nitrogens with zero attached hydrogens (tertiary/aromatic N) is 2. The van der Waals surface area contributed by atoms with Crippen molar-refractivity contribution in [1.29, 1.82) is 0 Å². The molecule has 0 saturated heterocycles. The maximum absolute atomic E-state index is 5.79. The molecule has 0 amide bonds. The first-order valence-electron chi connectivity index (χ1n) is 6.13. The molecule has 1 atom stereocenters. The summed E-state index contributed by atoms with van der Waals surface area (Å²) >= 11 is 0. The number of benzene rings is 1. The van der Waals surface area contributed by atoms with Crippen LogP contribution in [0.4, 0.5) is 0 Å². The molecule has 0 radical (unpaired) electrons. The first-order chi connectivity index (χ1) is 8.66. The van der Waals surface area contributed by atoms with E-state index in [1.54, 1.807) is 6.20 Å². The van der Waals surface area contributed by atoms with E-state index in [1.165, 1.54) is 0 Å². The van der Waals surface area contributed by atoms with Crippen LogP contribution in [-0.2, 0) is 6.54 Å². The summed E-state index contributed by atoms with van der Waals surface area (Å²) in [7, 11) is 0. The lowest BCUT2D eigenvalue weighted by Gasteiger charge is -2.10. The highest BCUT2D eigenvalue weighted by atomic mass is 16.5. The summed E-state index contributed by atoms with van der Waals surface area (Å²) in [6, 6.07) is 7.98. The number of imidazole rings is 1. The summed E-state index contributed by atoms with van der Waals surface area (Å²) in [5, 5.41) is 0. The van der Waals surface area contributed by atoms with Gasteiger partial charge >= 0.3 is 0 Å². The van der Waals surface area contributed by atoms with Gasteiger partial charge in [0.1, 0.15) is 18.2 Å². The van der Waals surface area contributed by atoms with Gasteiger partial charge < -0.3 is 15.0 Å². The fourth-order valence-corrected chi connectivity index (χ4v) is 1.77. The van der Waals surface area contributed by atoms with Crippen molar-refractivity contribution in [2.45, 2.75) is 26.4 Å². The molecular formula is C14H19N3O. The van der Waals surface area contributed by atoms with Crippen LogP contribution in [0.15, 0.2) is 36.7 Å². The third-order valence-electron chi connectivity index (χ3n) is 2.93. The van der Waals surface area contributed by atoms with Gasteiger partial charge in [-0.3, -0.25) is 0 Å². The molecule has 18 heavy (non-hydrogen) atoms. The monoisotopic (exact) mass is 245 g/mol. The maximum Gasteiger partial charge on any atom is 0.119 e. The van der Waals surface area contributed by atoms with E-state index < -0.39 is 0 Å². The van der Waals surface area contributed by atoms with Crippen molar-refractivity contribution < 1.29 is 4.74 Å². The number of aryl methyl sites for hydroxylation is 1. The standard InChI is InChI=1S/C14H19N3O/c1-11(15)13-3-5-14(6-4-13)18-10-9-17-8-7-16-12(17)2/h3-8,11H,9-10,15H2,1-2H3/t11-/m1/s1. The van der Waals surface area contributed by atoms with Crippen LogP contribution in [0.25, 0.3) is 0 Å². The number of nitrogens with two attached hydrogens (primary N) is 1. The van der Waals surface area contributed by atoms with E-state index in [-0.39, 0.29) is 6.04 Å². The maximum atomic E-state index is 5.79. The molecule has 0 spiro atoms. The van der Waals surface area contributed by atoms with Crippen molar-refractivity contribution in [2.75, 3.05) is 6.61 Å². The van der Waals surface area contributed by atoms with E-state index in [0.29, 0.717) is 6.61 Å². The first kappa shape index (κ1) is 12.6. The summed E-state index contributed by atoms with van der Waals surface area (Å²) in [4.78, 5) is 4.17. The van der Waals surface area contributed by atoms with Crippen molar-refractivity contribution in [3.8, 4) is 5.75 Å². The van der Waals surface area contributed by atoms with E-state index in [0.717, 1.165) is 23.7 Å². The van der Waals surface area contributed by atoms with Crippen LogP contribution in [0, 0.1) is 6.92 Å². The summed E-state index contributed by atoms with van der Waals surface area (Å²) in [6.45, 7) is 5.39. The fourth-order valence-electron chi connectivity index (χ4n) is 1.77. The predicted molar refractivity (Wildman–Crippen MR) is 71.5 cm³/mol. The van der Waals surface area contributed by atoms with E-state index in [2.05, 4.69) is 9.55 Å². The van der Waals surface area contributed by atoms with Crippen molar-refractivity contribution in [1.82, 2.24) is 9.55 Å². The lowest BCUT2D eigenvalue weighted by Crippen LogP contribution is -2.09. The Morgan fingerprint density at radius 2 is 2.06 bits per heavy atom. The molecule has 0 fully saturated rings. The van der Waals surface area contributed by atoms with E-state index in [9.17, 15) is 0 Å². The predicted octanol–water partition coefficient (Wildman–Crippen LogP) is 2.29. The minimum atomic E-state index is 0.0626. The van der Waals surface area contributed by atoms with Crippen molar-refractivity contribution in [3.63, 3.8) is 0 Å². The van der Waals surface area contributed by atoms with Gasteiger partial charge in [-0.15, -0.1) is 0 Å². The minimum Gasteiger partial charge on any atom is -0.492 e. The molecule has 0 saturated carbocycles. The molecule has 0 aliphatic rings. The number of rotatable bonds is 5. The molecule has 0 aliphatic heterocycles. The average Bonchev–Trinajstić information content (AvgIpc) is 2.76. The minimum absolute atomic E-state index is 0.0626. The smallest absolute Gasteiger partial charge is 0.119 e. The number of hydrogen-bond acceptors (Lipinski definition) is 3. The van der Waals surface area contributed by atoms with Gasteiger partial charge in [0.25, 0.3) is 0 Å². The van der Waals surface area contributed by atoms with E-state index >= 15 is 0 Å². The third kappa shape index (κ3) is 3.11. The highest BCUT2D eigenvalue weighted by molar-refractivity contribution is 5.28. The molecular weight excluding hydrogens is 226 g/mol. The average molecular weight is 245 g/mol. The molecule has 4 heteroatoms. The third-order valence-corrected chi connectivity index (χ3v) is 2.93. The fraction of sp³-hybridized carbons (Fsp3) is 0.357. The molecule has 4 nitrogen and oxygen atoms in total. The van der Waals surface area contributed by atoms with Gasteiger partial charge in [-0.05, 0) is 31.5 Å². The van der Waals surface area contributed by atoms with Crippen LogP contribution >= 0.6 is 0 Å². The number of aromatic nitrogens is 2. The Bertz CT molecular complexity index is 488. The van der Waals surface area contributed by atoms with Crippen molar-refractivity contribution >= 4 is 0 Å². The molecule has 2 rings (SSSR count). The van der Waals surface area contributed by atoms with Crippen LogP contribution in [-0.4, -0.2) is 16.2 Å². The van der Waals surface area contributed by atoms with E-state index in [1.807, 2.05) is 44.3 Å². The Balaban J connectivity index is 1.85. The van der Waals surface area contributed by atoms with Gasteiger partial charge in [-0.25, -0.2) is 4.98 Å². The van der Waals surface area contributed by atoms with Crippen molar-refractivity contribution in [3.05, 3.63) is 48.0 Å². The molecule has 0 bridgehead atoms.